The van der Waals surface area contributed by atoms with Crippen molar-refractivity contribution in [3.63, 3.8) is 0 Å². The summed E-state index contributed by atoms with van der Waals surface area (Å²) in [7, 11) is 0. The molecule has 0 fully saturated rings. The molecule has 1 aromatic rings. The Morgan fingerprint density at radius 1 is 1.48 bits per heavy atom. The van der Waals surface area contributed by atoms with E-state index in [1.54, 1.807) is 0 Å². The second kappa shape index (κ2) is 7.72. The molecule has 0 bridgehead atoms. The highest BCUT2D eigenvalue weighted by Crippen LogP contribution is 2.22. The number of carboxylic acids is 1. The number of carbonyl (C=O) groups is 2. The van der Waals surface area contributed by atoms with E-state index in [9.17, 15) is 19.7 Å². The molecule has 0 aromatic carbocycles. The fraction of sp³-hybridized carbons (Fsp3) is 0.538. The molecule has 7 nitrogen and oxygen atoms in total. The van der Waals surface area contributed by atoms with Crippen LogP contribution in [0.1, 0.15) is 37.0 Å². The topological polar surface area (TPSA) is 110 Å². The number of aliphatic carboxylic acids is 1. The van der Waals surface area contributed by atoms with Crippen LogP contribution in [0.4, 0.5) is 5.00 Å². The van der Waals surface area contributed by atoms with Crippen molar-refractivity contribution in [1.29, 1.82) is 0 Å². The van der Waals surface area contributed by atoms with Crippen molar-refractivity contribution in [2.24, 2.45) is 11.8 Å². The maximum atomic E-state index is 11.9. The molecule has 0 unspecified atom stereocenters. The summed E-state index contributed by atoms with van der Waals surface area (Å²) in [6.45, 7) is 4.21. The monoisotopic (exact) mass is 314 g/mol. The largest absolute Gasteiger partial charge is 0.481 e. The lowest BCUT2D eigenvalue weighted by Crippen LogP contribution is -2.30. The maximum absolute atomic E-state index is 11.9. The molecular formula is C13H18N2O5S. The third-order valence-electron chi connectivity index (χ3n) is 2.85. The fourth-order valence-electron chi connectivity index (χ4n) is 2.03. The summed E-state index contributed by atoms with van der Waals surface area (Å²) >= 11 is 0.888. The van der Waals surface area contributed by atoms with Crippen molar-refractivity contribution in [3.8, 4) is 0 Å². The van der Waals surface area contributed by atoms with E-state index in [0.717, 1.165) is 11.3 Å². The van der Waals surface area contributed by atoms with Gasteiger partial charge < -0.3 is 10.4 Å². The van der Waals surface area contributed by atoms with Gasteiger partial charge in [-0.2, -0.15) is 0 Å². The lowest BCUT2D eigenvalue weighted by atomic mass is 9.94. The first-order valence-corrected chi connectivity index (χ1v) is 7.40. The predicted octanol–water partition coefficient (Wildman–Crippen LogP) is 2.52. The van der Waals surface area contributed by atoms with Gasteiger partial charge in [0, 0.05) is 24.4 Å². The average molecular weight is 314 g/mol. The Balaban J connectivity index is 2.59. The summed E-state index contributed by atoms with van der Waals surface area (Å²) < 4.78 is 0. The van der Waals surface area contributed by atoms with Gasteiger partial charge in [-0.15, -0.1) is 0 Å². The van der Waals surface area contributed by atoms with Crippen molar-refractivity contribution >= 4 is 28.2 Å². The Hall–Kier alpha value is -1.96. The van der Waals surface area contributed by atoms with Crippen LogP contribution in [0.25, 0.3) is 0 Å². The number of nitro groups is 1. The number of nitrogens with zero attached hydrogens (tertiary/aromatic N) is 1. The van der Waals surface area contributed by atoms with Crippen LogP contribution in [-0.2, 0) is 4.79 Å². The lowest BCUT2D eigenvalue weighted by molar-refractivity contribution is -0.380. The molecule has 1 amide bonds. The highest BCUT2D eigenvalue weighted by atomic mass is 32.1. The summed E-state index contributed by atoms with van der Waals surface area (Å²) in [5.74, 6) is -1.15. The van der Waals surface area contributed by atoms with Crippen molar-refractivity contribution < 1.29 is 19.6 Å². The van der Waals surface area contributed by atoms with Gasteiger partial charge in [0.2, 0.25) is 0 Å². The van der Waals surface area contributed by atoms with E-state index in [1.807, 2.05) is 13.8 Å². The molecule has 1 aromatic heterocycles. The Bertz CT molecular complexity index is 526. The number of rotatable bonds is 8. The van der Waals surface area contributed by atoms with E-state index in [2.05, 4.69) is 5.32 Å². The summed E-state index contributed by atoms with van der Waals surface area (Å²) in [4.78, 5) is 32.7. The number of hydrogen-bond donors (Lipinski definition) is 2. The minimum absolute atomic E-state index is 0.0117. The van der Waals surface area contributed by atoms with Gasteiger partial charge in [0.15, 0.2) is 0 Å². The van der Waals surface area contributed by atoms with Gasteiger partial charge in [-0.25, -0.2) is 0 Å². The van der Waals surface area contributed by atoms with E-state index in [0.29, 0.717) is 12.3 Å². The van der Waals surface area contributed by atoms with Crippen LogP contribution in [0.5, 0.6) is 0 Å². The molecule has 8 heteroatoms. The minimum Gasteiger partial charge on any atom is -0.481 e. The first-order valence-electron chi connectivity index (χ1n) is 6.52. The highest BCUT2D eigenvalue weighted by molar-refractivity contribution is 7.13. The average Bonchev–Trinajstić information content (AvgIpc) is 2.83. The SMILES string of the molecule is CC(C)C[C@H](CNC(=O)c1csc([N+](=O)[O-])c1)CC(=O)O. The zero-order valence-electron chi connectivity index (χ0n) is 11.9. The van der Waals surface area contributed by atoms with Gasteiger partial charge in [-0.05, 0) is 18.3 Å². The Labute approximate surface area is 126 Å². The first-order chi connectivity index (χ1) is 9.79. The number of carboxylic acid groups (broad SMARTS) is 1. The molecule has 0 radical (unpaired) electrons. The fourth-order valence-corrected chi connectivity index (χ4v) is 2.74. The van der Waals surface area contributed by atoms with Crippen LogP contribution in [-0.4, -0.2) is 28.5 Å². The van der Waals surface area contributed by atoms with Gasteiger partial charge in [-0.1, -0.05) is 25.2 Å². The number of carbonyl (C=O) groups excluding carboxylic acids is 1. The summed E-state index contributed by atoms with van der Waals surface area (Å²) in [6.07, 6.45) is 0.679. The number of hydrogen-bond acceptors (Lipinski definition) is 5. The standard InChI is InChI=1S/C13H18N2O5S/c1-8(2)3-9(4-12(16)17)6-14-13(18)10-5-11(15(19)20)21-7-10/h5,7-9H,3-4,6H2,1-2H3,(H,14,18)(H,16,17)/t9-/m0/s1. The molecule has 21 heavy (non-hydrogen) atoms. The minimum atomic E-state index is -0.902. The van der Waals surface area contributed by atoms with E-state index in [1.165, 1.54) is 11.4 Å². The molecule has 0 spiro atoms. The van der Waals surface area contributed by atoms with Crippen LogP contribution in [0, 0.1) is 22.0 Å². The second-order valence-corrected chi connectivity index (χ2v) is 6.12. The molecule has 0 saturated carbocycles. The molecule has 116 valence electrons. The predicted molar refractivity (Wildman–Crippen MR) is 78.5 cm³/mol. The highest BCUT2D eigenvalue weighted by Gasteiger charge is 2.18. The van der Waals surface area contributed by atoms with Crippen LogP contribution in [0.3, 0.4) is 0 Å². The third-order valence-corrected chi connectivity index (χ3v) is 3.73. The van der Waals surface area contributed by atoms with E-state index in [-0.39, 0.29) is 29.4 Å². The quantitative estimate of drug-likeness (QED) is 0.566. The molecule has 0 aliphatic rings. The lowest BCUT2D eigenvalue weighted by Gasteiger charge is -2.17. The molecule has 1 rings (SSSR count). The molecule has 0 aliphatic carbocycles. The number of thiophene rings is 1. The smallest absolute Gasteiger partial charge is 0.324 e. The Morgan fingerprint density at radius 2 is 2.14 bits per heavy atom. The zero-order chi connectivity index (χ0) is 16.0. The van der Waals surface area contributed by atoms with Gasteiger partial charge in [-0.3, -0.25) is 19.7 Å². The molecule has 1 atom stereocenters. The Morgan fingerprint density at radius 3 is 2.62 bits per heavy atom. The first kappa shape index (κ1) is 17.1. The van der Waals surface area contributed by atoms with Crippen molar-refractivity contribution in [1.82, 2.24) is 5.32 Å². The number of nitrogens with one attached hydrogen (secondary N) is 1. The second-order valence-electron chi connectivity index (χ2n) is 5.23. The maximum Gasteiger partial charge on any atom is 0.324 e. The molecule has 1 heterocycles. The number of amides is 1. The van der Waals surface area contributed by atoms with Gasteiger partial charge in [0.05, 0.1) is 10.5 Å². The molecule has 2 N–H and O–H groups in total. The van der Waals surface area contributed by atoms with Crippen molar-refractivity contribution in [2.45, 2.75) is 26.7 Å². The molecular weight excluding hydrogens is 296 g/mol. The van der Waals surface area contributed by atoms with Crippen molar-refractivity contribution in [2.75, 3.05) is 6.54 Å². The Kier molecular flexibility index (Phi) is 6.29. The van der Waals surface area contributed by atoms with E-state index < -0.39 is 16.8 Å². The van der Waals surface area contributed by atoms with E-state index >= 15 is 0 Å². The zero-order valence-corrected chi connectivity index (χ0v) is 12.7. The van der Waals surface area contributed by atoms with E-state index in [4.69, 9.17) is 5.11 Å². The summed E-state index contributed by atoms with van der Waals surface area (Å²) in [5.41, 5.74) is 0.227. The van der Waals surface area contributed by atoms with Gasteiger partial charge >= 0.3 is 11.0 Å². The van der Waals surface area contributed by atoms with Crippen LogP contribution in [0.2, 0.25) is 0 Å². The molecule has 0 saturated heterocycles. The van der Waals surface area contributed by atoms with Crippen LogP contribution >= 0.6 is 11.3 Å². The van der Waals surface area contributed by atoms with Gasteiger partial charge in [0.25, 0.3) is 5.91 Å². The van der Waals surface area contributed by atoms with Gasteiger partial charge in [0.1, 0.15) is 0 Å². The normalized spacial score (nSPS) is 12.1. The molecule has 0 aliphatic heterocycles. The summed E-state index contributed by atoms with van der Waals surface area (Å²) in [6, 6.07) is 1.22. The van der Waals surface area contributed by atoms with Crippen LogP contribution < -0.4 is 5.32 Å². The van der Waals surface area contributed by atoms with Crippen molar-refractivity contribution in [3.05, 3.63) is 27.1 Å². The third kappa shape index (κ3) is 5.90. The van der Waals surface area contributed by atoms with Crippen LogP contribution in [0.15, 0.2) is 11.4 Å². The summed E-state index contributed by atoms with van der Waals surface area (Å²) in [5, 5.41) is 23.4.